The first-order valence-electron chi connectivity index (χ1n) is 7.59. The van der Waals surface area contributed by atoms with Crippen molar-refractivity contribution in [1.29, 1.82) is 0 Å². The first kappa shape index (κ1) is 16.0. The van der Waals surface area contributed by atoms with Gasteiger partial charge in [0.2, 0.25) is 5.91 Å². The zero-order valence-corrected chi connectivity index (χ0v) is 13.0. The van der Waals surface area contributed by atoms with Gasteiger partial charge in [0.25, 0.3) is 5.91 Å². The fraction of sp³-hybridized carbons (Fsp3) is 0.375. The predicted octanol–water partition coefficient (Wildman–Crippen LogP) is 0.790. The topological polar surface area (TPSA) is 125 Å². The Morgan fingerprint density at radius 3 is 2.50 bits per heavy atom. The number of hydrogen-bond acceptors (Lipinski definition) is 4. The highest BCUT2D eigenvalue weighted by Crippen LogP contribution is 2.35. The highest BCUT2D eigenvalue weighted by molar-refractivity contribution is 6.07. The Kier molecular flexibility index (Phi) is 3.75. The number of benzene rings is 1. The van der Waals surface area contributed by atoms with Gasteiger partial charge >= 0.3 is 12.0 Å². The Hall–Kier alpha value is -2.90. The molecule has 0 radical (unpaired) electrons. The molecule has 0 bridgehead atoms. The number of anilines is 1. The molecule has 1 saturated carbocycles. The van der Waals surface area contributed by atoms with E-state index in [-0.39, 0.29) is 5.91 Å². The van der Waals surface area contributed by atoms with Crippen LogP contribution in [0, 0.1) is 11.8 Å². The zero-order chi connectivity index (χ0) is 17.5. The van der Waals surface area contributed by atoms with Crippen molar-refractivity contribution in [3.8, 4) is 0 Å². The molecule has 4 N–H and O–H groups in total. The number of nitrogens with one attached hydrogen (secondary N) is 3. The summed E-state index contributed by atoms with van der Waals surface area (Å²) in [5.74, 6) is -2.98. The molecular formula is C16H17N3O5. The van der Waals surface area contributed by atoms with E-state index in [2.05, 4.69) is 16.0 Å². The fourth-order valence-corrected chi connectivity index (χ4v) is 3.00. The summed E-state index contributed by atoms with van der Waals surface area (Å²) in [6, 6.07) is 6.00. The van der Waals surface area contributed by atoms with Crippen LogP contribution in [-0.2, 0) is 19.9 Å². The fourth-order valence-electron chi connectivity index (χ4n) is 3.00. The van der Waals surface area contributed by atoms with Crippen molar-refractivity contribution in [3.05, 3.63) is 29.8 Å². The summed E-state index contributed by atoms with van der Waals surface area (Å²) >= 11 is 0. The van der Waals surface area contributed by atoms with Crippen LogP contribution in [0.2, 0.25) is 0 Å². The predicted molar refractivity (Wildman–Crippen MR) is 82.9 cm³/mol. The lowest BCUT2D eigenvalue weighted by Gasteiger charge is -2.32. The molecule has 1 aromatic carbocycles. The third-order valence-electron chi connectivity index (χ3n) is 4.68. The van der Waals surface area contributed by atoms with Crippen molar-refractivity contribution < 1.29 is 24.3 Å². The minimum absolute atomic E-state index is 0.351. The van der Waals surface area contributed by atoms with Gasteiger partial charge in [-0.3, -0.25) is 19.7 Å². The number of amides is 4. The lowest BCUT2D eigenvalue weighted by molar-refractivity contribution is -0.151. The molecule has 0 aromatic heterocycles. The van der Waals surface area contributed by atoms with Gasteiger partial charge in [-0.25, -0.2) is 4.79 Å². The van der Waals surface area contributed by atoms with E-state index in [0.29, 0.717) is 24.1 Å². The van der Waals surface area contributed by atoms with Crippen molar-refractivity contribution >= 4 is 29.5 Å². The van der Waals surface area contributed by atoms with Crippen LogP contribution in [0.4, 0.5) is 10.5 Å². The van der Waals surface area contributed by atoms with Crippen LogP contribution in [0.25, 0.3) is 0 Å². The minimum Gasteiger partial charge on any atom is -0.481 e. The van der Waals surface area contributed by atoms with E-state index in [1.165, 1.54) is 0 Å². The van der Waals surface area contributed by atoms with Crippen LogP contribution in [0.3, 0.4) is 0 Å². The maximum atomic E-state index is 12.2. The monoisotopic (exact) mass is 331 g/mol. The molecule has 1 aliphatic carbocycles. The Balaban J connectivity index is 1.77. The maximum absolute atomic E-state index is 12.2. The average molecular weight is 331 g/mol. The number of carbonyl (C=O) groups is 4. The van der Waals surface area contributed by atoms with Crippen LogP contribution < -0.4 is 16.0 Å². The number of urea groups is 1. The van der Waals surface area contributed by atoms with Crippen molar-refractivity contribution in [2.75, 3.05) is 5.32 Å². The lowest BCUT2D eigenvalue weighted by atomic mass is 9.73. The van der Waals surface area contributed by atoms with E-state index in [9.17, 15) is 19.2 Å². The molecule has 4 amide bonds. The van der Waals surface area contributed by atoms with Gasteiger partial charge in [-0.05, 0) is 37.5 Å². The largest absolute Gasteiger partial charge is 0.481 e. The van der Waals surface area contributed by atoms with Gasteiger partial charge in [0.05, 0.1) is 11.8 Å². The zero-order valence-electron chi connectivity index (χ0n) is 13.0. The standard InChI is InChI=1S/C16H17N3O5/c1-16(14(23)18-15(24)19-16)8-3-2-4-9(7-8)17-12(20)10-5-6-11(10)13(21)22/h2-4,7,10-11H,5-6H2,1H3,(H,17,20)(H,21,22)(H2,18,19,23,24). The van der Waals surface area contributed by atoms with Crippen LogP contribution >= 0.6 is 0 Å². The molecule has 1 aliphatic heterocycles. The van der Waals surface area contributed by atoms with Gasteiger partial charge in [-0.15, -0.1) is 0 Å². The molecule has 1 saturated heterocycles. The summed E-state index contributed by atoms with van der Waals surface area (Å²) in [6.07, 6.45) is 1.04. The molecule has 1 heterocycles. The Labute approximate surface area is 137 Å². The molecule has 24 heavy (non-hydrogen) atoms. The van der Waals surface area contributed by atoms with Gasteiger partial charge in [-0.1, -0.05) is 12.1 Å². The summed E-state index contributed by atoms with van der Waals surface area (Å²) in [6.45, 7) is 1.57. The van der Waals surface area contributed by atoms with Crippen molar-refractivity contribution in [2.24, 2.45) is 11.8 Å². The van der Waals surface area contributed by atoms with E-state index in [4.69, 9.17) is 5.11 Å². The molecule has 3 rings (SSSR count). The van der Waals surface area contributed by atoms with Gasteiger partial charge in [-0.2, -0.15) is 0 Å². The first-order chi connectivity index (χ1) is 11.3. The maximum Gasteiger partial charge on any atom is 0.322 e. The molecule has 126 valence electrons. The van der Waals surface area contributed by atoms with Crippen molar-refractivity contribution in [3.63, 3.8) is 0 Å². The number of imide groups is 1. The SMILES string of the molecule is CC1(c2cccc(NC(=O)C3CCC3C(=O)O)c2)NC(=O)NC1=O. The first-order valence-corrected chi connectivity index (χ1v) is 7.59. The van der Waals surface area contributed by atoms with Gasteiger partial charge in [0, 0.05) is 5.69 Å². The quantitative estimate of drug-likeness (QED) is 0.607. The van der Waals surface area contributed by atoms with E-state index in [0.717, 1.165) is 0 Å². The molecule has 2 fully saturated rings. The average Bonchev–Trinajstić information content (AvgIpc) is 2.71. The number of carboxylic acids is 1. The smallest absolute Gasteiger partial charge is 0.322 e. The van der Waals surface area contributed by atoms with Gasteiger partial charge in [0.1, 0.15) is 5.54 Å². The summed E-state index contributed by atoms with van der Waals surface area (Å²) in [4.78, 5) is 46.6. The molecular weight excluding hydrogens is 314 g/mol. The van der Waals surface area contributed by atoms with E-state index >= 15 is 0 Å². The number of aliphatic carboxylic acids is 1. The molecule has 8 nitrogen and oxygen atoms in total. The second-order valence-electron chi connectivity index (χ2n) is 6.23. The molecule has 2 aliphatic rings. The molecule has 1 aromatic rings. The highest BCUT2D eigenvalue weighted by Gasteiger charge is 2.44. The van der Waals surface area contributed by atoms with E-state index in [1.807, 2.05) is 0 Å². The summed E-state index contributed by atoms with van der Waals surface area (Å²) < 4.78 is 0. The van der Waals surface area contributed by atoms with Crippen molar-refractivity contribution in [2.45, 2.75) is 25.3 Å². The van der Waals surface area contributed by atoms with Crippen LogP contribution in [0.15, 0.2) is 24.3 Å². The minimum atomic E-state index is -1.21. The number of rotatable bonds is 4. The van der Waals surface area contributed by atoms with Gasteiger partial charge < -0.3 is 15.7 Å². The number of carbonyl (C=O) groups excluding carboxylic acids is 3. The van der Waals surface area contributed by atoms with Gasteiger partial charge in [0.15, 0.2) is 0 Å². The Morgan fingerprint density at radius 1 is 1.25 bits per heavy atom. The number of hydrogen-bond donors (Lipinski definition) is 4. The second-order valence-corrected chi connectivity index (χ2v) is 6.23. The molecule has 3 atom stereocenters. The Morgan fingerprint density at radius 2 is 1.96 bits per heavy atom. The van der Waals surface area contributed by atoms with Crippen LogP contribution in [0.5, 0.6) is 0 Å². The lowest BCUT2D eigenvalue weighted by Crippen LogP contribution is -2.41. The molecule has 8 heteroatoms. The van der Waals surface area contributed by atoms with Crippen molar-refractivity contribution in [1.82, 2.24) is 10.6 Å². The summed E-state index contributed by atoms with van der Waals surface area (Å²) in [5.41, 5.74) is -0.242. The third-order valence-corrected chi connectivity index (χ3v) is 4.68. The molecule has 3 unspecified atom stereocenters. The second kappa shape index (κ2) is 5.63. The van der Waals surface area contributed by atoms with Crippen LogP contribution in [-0.4, -0.2) is 28.9 Å². The highest BCUT2D eigenvalue weighted by atomic mass is 16.4. The Bertz CT molecular complexity index is 747. The normalized spacial score (nSPS) is 28.5. The summed E-state index contributed by atoms with van der Waals surface area (Å²) in [5, 5.41) is 16.5. The van der Waals surface area contributed by atoms with Crippen LogP contribution in [0.1, 0.15) is 25.3 Å². The third kappa shape index (κ3) is 2.60. The molecule has 0 spiro atoms. The summed E-state index contributed by atoms with van der Waals surface area (Å²) in [7, 11) is 0. The number of carboxylic acid groups (broad SMARTS) is 1. The van der Waals surface area contributed by atoms with E-state index < -0.39 is 35.3 Å². The van der Waals surface area contributed by atoms with E-state index in [1.54, 1.807) is 31.2 Å².